The molecule has 15 heavy (non-hydrogen) atoms. The van der Waals surface area contributed by atoms with Gasteiger partial charge in [0.05, 0.1) is 0 Å². The second-order valence-corrected chi connectivity index (χ2v) is 3.71. The Hall–Kier alpha value is -1.51. The minimum Gasteiger partial charge on any atom is -0.352 e. The third-order valence-electron chi connectivity index (χ3n) is 2.51. The lowest BCUT2D eigenvalue weighted by Crippen LogP contribution is -2.34. The molecule has 0 saturated carbocycles. The number of urea groups is 1. The Morgan fingerprint density at radius 1 is 1.40 bits per heavy atom. The van der Waals surface area contributed by atoms with E-state index in [-0.39, 0.29) is 0 Å². The van der Waals surface area contributed by atoms with E-state index in [2.05, 4.69) is 24.4 Å². The van der Waals surface area contributed by atoms with Crippen molar-refractivity contribution in [2.45, 2.75) is 19.8 Å². The van der Waals surface area contributed by atoms with Crippen LogP contribution in [0.3, 0.4) is 0 Å². The highest BCUT2D eigenvalue weighted by Crippen LogP contribution is 2.10. The summed E-state index contributed by atoms with van der Waals surface area (Å²) in [7, 11) is 0. The maximum Gasteiger partial charge on any atom is 0.312 e. The molecule has 1 aromatic rings. The van der Waals surface area contributed by atoms with Crippen LogP contribution in [0.15, 0.2) is 30.3 Å². The Morgan fingerprint density at radius 2 is 2.07 bits per heavy atom. The van der Waals surface area contributed by atoms with E-state index in [1.807, 2.05) is 18.2 Å². The van der Waals surface area contributed by atoms with Gasteiger partial charge in [-0.2, -0.15) is 0 Å². The first-order valence-corrected chi connectivity index (χ1v) is 5.29. The Bertz CT molecular complexity index is 298. The molecule has 1 aromatic carbocycles. The van der Waals surface area contributed by atoms with Crippen molar-refractivity contribution >= 4 is 6.03 Å². The van der Waals surface area contributed by atoms with Gasteiger partial charge in [-0.1, -0.05) is 43.7 Å². The third kappa shape index (κ3) is 4.49. The number of carbonyl (C=O) groups excluding carboxylic acids is 1. The summed E-state index contributed by atoms with van der Waals surface area (Å²) in [6.07, 6.45) is 2.02. The molecule has 1 atom stereocenters. The maximum atomic E-state index is 10.6. The fourth-order valence-corrected chi connectivity index (χ4v) is 1.55. The fraction of sp³-hybridized carbons (Fsp3) is 0.417. The van der Waals surface area contributed by atoms with Gasteiger partial charge in [-0.25, -0.2) is 4.79 Å². The van der Waals surface area contributed by atoms with Gasteiger partial charge in [-0.3, -0.25) is 0 Å². The first-order chi connectivity index (χ1) is 7.22. The monoisotopic (exact) mass is 206 g/mol. The summed E-state index contributed by atoms with van der Waals surface area (Å²) in [4.78, 5) is 10.6. The summed E-state index contributed by atoms with van der Waals surface area (Å²) >= 11 is 0. The van der Waals surface area contributed by atoms with Crippen LogP contribution in [0.5, 0.6) is 0 Å². The van der Waals surface area contributed by atoms with Gasteiger partial charge in [-0.05, 0) is 17.9 Å². The highest BCUT2D eigenvalue weighted by Gasteiger charge is 2.07. The Labute approximate surface area is 90.7 Å². The molecule has 3 heteroatoms. The van der Waals surface area contributed by atoms with Crippen molar-refractivity contribution in [1.29, 1.82) is 0 Å². The van der Waals surface area contributed by atoms with Crippen molar-refractivity contribution in [3.05, 3.63) is 35.9 Å². The van der Waals surface area contributed by atoms with E-state index in [0.29, 0.717) is 12.5 Å². The van der Waals surface area contributed by atoms with Crippen molar-refractivity contribution in [3.63, 3.8) is 0 Å². The summed E-state index contributed by atoms with van der Waals surface area (Å²) in [5.74, 6) is 0.458. The maximum absolute atomic E-state index is 10.6. The number of rotatable bonds is 5. The topological polar surface area (TPSA) is 55.1 Å². The Morgan fingerprint density at radius 3 is 2.60 bits per heavy atom. The molecule has 0 saturated heterocycles. The minimum atomic E-state index is -0.443. The van der Waals surface area contributed by atoms with Crippen LogP contribution in [0, 0.1) is 5.92 Å². The van der Waals surface area contributed by atoms with Crippen LogP contribution < -0.4 is 11.1 Å². The van der Waals surface area contributed by atoms with Crippen LogP contribution >= 0.6 is 0 Å². The molecule has 1 unspecified atom stereocenters. The van der Waals surface area contributed by atoms with Crippen molar-refractivity contribution in [1.82, 2.24) is 5.32 Å². The minimum absolute atomic E-state index is 0.443. The second kappa shape index (κ2) is 6.06. The Kier molecular flexibility index (Phi) is 4.68. The van der Waals surface area contributed by atoms with Crippen molar-refractivity contribution in [3.8, 4) is 0 Å². The van der Waals surface area contributed by atoms with Crippen molar-refractivity contribution in [2.24, 2.45) is 11.7 Å². The quantitative estimate of drug-likeness (QED) is 0.759. The molecule has 0 spiro atoms. The van der Waals surface area contributed by atoms with Gasteiger partial charge in [0.15, 0.2) is 0 Å². The average molecular weight is 206 g/mol. The molecular weight excluding hydrogens is 188 g/mol. The number of hydrogen-bond acceptors (Lipinski definition) is 1. The molecule has 0 radical (unpaired) electrons. The predicted octanol–water partition coefficient (Wildman–Crippen LogP) is 1.92. The van der Waals surface area contributed by atoms with Gasteiger partial charge in [0.25, 0.3) is 0 Å². The summed E-state index contributed by atoms with van der Waals surface area (Å²) < 4.78 is 0. The van der Waals surface area contributed by atoms with Crippen LogP contribution in [0.25, 0.3) is 0 Å². The van der Waals surface area contributed by atoms with Crippen molar-refractivity contribution < 1.29 is 4.79 Å². The summed E-state index contributed by atoms with van der Waals surface area (Å²) in [5.41, 5.74) is 6.34. The van der Waals surface area contributed by atoms with Gasteiger partial charge >= 0.3 is 6.03 Å². The molecule has 3 N–H and O–H groups in total. The highest BCUT2D eigenvalue weighted by atomic mass is 16.2. The van der Waals surface area contributed by atoms with Crippen LogP contribution in [0.2, 0.25) is 0 Å². The number of amides is 2. The fourth-order valence-electron chi connectivity index (χ4n) is 1.55. The van der Waals surface area contributed by atoms with E-state index < -0.39 is 6.03 Å². The van der Waals surface area contributed by atoms with E-state index in [4.69, 9.17) is 5.73 Å². The molecule has 82 valence electrons. The van der Waals surface area contributed by atoms with Crippen LogP contribution in [-0.2, 0) is 6.42 Å². The zero-order valence-corrected chi connectivity index (χ0v) is 9.07. The van der Waals surface area contributed by atoms with Crippen LogP contribution in [0.4, 0.5) is 4.79 Å². The predicted molar refractivity (Wildman–Crippen MR) is 61.5 cm³/mol. The smallest absolute Gasteiger partial charge is 0.312 e. The lowest BCUT2D eigenvalue weighted by atomic mass is 9.97. The lowest BCUT2D eigenvalue weighted by molar-refractivity contribution is 0.246. The van der Waals surface area contributed by atoms with E-state index in [1.54, 1.807) is 0 Å². The highest BCUT2D eigenvalue weighted by molar-refractivity contribution is 5.71. The van der Waals surface area contributed by atoms with Crippen LogP contribution in [-0.4, -0.2) is 12.6 Å². The number of hydrogen-bond donors (Lipinski definition) is 2. The molecule has 0 bridgehead atoms. The standard InChI is InChI=1S/C12H18N2O/c1-2-10(9-14-12(13)15)8-11-6-4-3-5-7-11/h3-7,10H,2,8-9H2,1H3,(H3,13,14,15). The number of benzene rings is 1. The zero-order chi connectivity index (χ0) is 11.1. The number of primary amides is 1. The zero-order valence-electron chi connectivity index (χ0n) is 9.07. The molecule has 0 aromatic heterocycles. The van der Waals surface area contributed by atoms with Crippen molar-refractivity contribution in [2.75, 3.05) is 6.54 Å². The summed E-state index contributed by atoms with van der Waals surface area (Å²) in [6.45, 7) is 2.77. The van der Waals surface area contributed by atoms with Gasteiger partial charge in [0, 0.05) is 6.54 Å². The van der Waals surface area contributed by atoms with E-state index >= 15 is 0 Å². The van der Waals surface area contributed by atoms with Gasteiger partial charge in [0.1, 0.15) is 0 Å². The number of nitrogens with two attached hydrogens (primary N) is 1. The van der Waals surface area contributed by atoms with Gasteiger partial charge in [-0.15, -0.1) is 0 Å². The molecule has 0 aliphatic carbocycles. The van der Waals surface area contributed by atoms with Gasteiger partial charge < -0.3 is 11.1 Å². The normalized spacial score (nSPS) is 12.1. The average Bonchev–Trinajstić information content (AvgIpc) is 2.25. The lowest BCUT2D eigenvalue weighted by Gasteiger charge is -2.14. The molecule has 3 nitrogen and oxygen atoms in total. The molecule has 0 heterocycles. The molecule has 2 amide bonds. The largest absolute Gasteiger partial charge is 0.352 e. The van der Waals surface area contributed by atoms with Gasteiger partial charge in [0.2, 0.25) is 0 Å². The van der Waals surface area contributed by atoms with E-state index in [1.165, 1.54) is 5.56 Å². The summed E-state index contributed by atoms with van der Waals surface area (Å²) in [5, 5.41) is 2.66. The number of nitrogens with one attached hydrogen (secondary N) is 1. The second-order valence-electron chi connectivity index (χ2n) is 3.71. The molecule has 0 aliphatic rings. The van der Waals surface area contributed by atoms with E-state index in [9.17, 15) is 4.79 Å². The molecule has 0 fully saturated rings. The third-order valence-corrected chi connectivity index (χ3v) is 2.51. The van der Waals surface area contributed by atoms with Crippen LogP contribution in [0.1, 0.15) is 18.9 Å². The molecular formula is C12H18N2O. The molecule has 0 aliphatic heterocycles. The number of carbonyl (C=O) groups is 1. The van der Waals surface area contributed by atoms with E-state index in [0.717, 1.165) is 12.8 Å². The first kappa shape index (κ1) is 11.6. The SMILES string of the molecule is CCC(CNC(N)=O)Cc1ccccc1. The summed E-state index contributed by atoms with van der Waals surface area (Å²) in [6, 6.07) is 9.83. The first-order valence-electron chi connectivity index (χ1n) is 5.29. The molecule has 1 rings (SSSR count). The Balaban J connectivity index is 2.43.